The lowest BCUT2D eigenvalue weighted by Crippen LogP contribution is -2.38. The summed E-state index contributed by atoms with van der Waals surface area (Å²) in [4.78, 5) is 4.58. The first-order valence-corrected chi connectivity index (χ1v) is 7.95. The normalized spacial score (nSPS) is 11.3. The Kier molecular flexibility index (Phi) is 9.09. The van der Waals surface area contributed by atoms with Gasteiger partial charge in [-0.3, -0.25) is 4.99 Å². The Bertz CT molecular complexity index is 401. The number of aliphatic imine (C=N–C) groups is 1. The van der Waals surface area contributed by atoms with E-state index in [0.29, 0.717) is 0 Å². The summed E-state index contributed by atoms with van der Waals surface area (Å²) < 4.78 is 5.16. The molecule has 1 aromatic rings. The number of unbranched alkanes of at least 4 members (excludes halogenated alkanes) is 2. The maximum atomic E-state index is 5.16. The molecule has 0 fully saturated rings. The number of nitrogens with one attached hydrogen (secondary N) is 2. The lowest BCUT2D eigenvalue weighted by atomic mass is 10.1. The first-order valence-electron chi connectivity index (χ1n) is 7.95. The van der Waals surface area contributed by atoms with E-state index in [4.69, 9.17) is 4.74 Å². The topological polar surface area (TPSA) is 45.7 Å². The van der Waals surface area contributed by atoms with Crippen LogP contribution in [0.1, 0.15) is 38.7 Å². The van der Waals surface area contributed by atoms with Gasteiger partial charge in [0.05, 0.1) is 7.11 Å². The maximum absolute atomic E-state index is 5.16. The number of nitrogens with zero attached hydrogens (tertiary/aromatic N) is 1. The molecule has 0 aliphatic carbocycles. The van der Waals surface area contributed by atoms with Crippen molar-refractivity contribution < 1.29 is 4.74 Å². The summed E-state index contributed by atoms with van der Waals surface area (Å²) in [5, 5.41) is 6.67. The summed E-state index contributed by atoms with van der Waals surface area (Å²) in [7, 11) is 1.69. The van der Waals surface area contributed by atoms with Crippen LogP contribution in [0, 0.1) is 0 Å². The van der Waals surface area contributed by atoms with Crippen molar-refractivity contribution in [1.82, 2.24) is 10.6 Å². The molecule has 0 unspecified atom stereocenters. The van der Waals surface area contributed by atoms with Gasteiger partial charge < -0.3 is 15.4 Å². The monoisotopic (exact) mass is 291 g/mol. The van der Waals surface area contributed by atoms with Gasteiger partial charge in [-0.2, -0.15) is 0 Å². The zero-order valence-electron chi connectivity index (χ0n) is 13.6. The summed E-state index contributed by atoms with van der Waals surface area (Å²) in [6.07, 6.45) is 4.61. The van der Waals surface area contributed by atoms with Crippen LogP contribution in [0.2, 0.25) is 0 Å². The molecular weight excluding hydrogens is 262 g/mol. The van der Waals surface area contributed by atoms with Crippen molar-refractivity contribution in [2.24, 2.45) is 4.99 Å². The minimum absolute atomic E-state index is 0.881. The van der Waals surface area contributed by atoms with E-state index in [1.54, 1.807) is 7.11 Å². The van der Waals surface area contributed by atoms with E-state index in [0.717, 1.165) is 44.2 Å². The van der Waals surface area contributed by atoms with Crippen molar-refractivity contribution in [3.8, 4) is 5.75 Å². The van der Waals surface area contributed by atoms with E-state index in [-0.39, 0.29) is 0 Å². The first-order chi connectivity index (χ1) is 10.3. The molecular formula is C17H29N3O. The molecule has 4 heteroatoms. The predicted molar refractivity (Wildman–Crippen MR) is 90.2 cm³/mol. The summed E-state index contributed by atoms with van der Waals surface area (Å²) >= 11 is 0. The third-order valence-electron chi connectivity index (χ3n) is 3.24. The van der Waals surface area contributed by atoms with Crippen LogP contribution in [0.4, 0.5) is 0 Å². The molecule has 0 aliphatic rings. The summed E-state index contributed by atoms with van der Waals surface area (Å²) in [5.41, 5.74) is 1.30. The van der Waals surface area contributed by atoms with Crippen molar-refractivity contribution in [1.29, 1.82) is 0 Å². The molecule has 0 amide bonds. The second-order valence-electron chi connectivity index (χ2n) is 4.99. The predicted octanol–water partition coefficient (Wildman–Crippen LogP) is 2.98. The minimum atomic E-state index is 0.881. The molecule has 118 valence electrons. The van der Waals surface area contributed by atoms with Crippen LogP contribution >= 0.6 is 0 Å². The van der Waals surface area contributed by atoms with Gasteiger partial charge in [0.15, 0.2) is 5.96 Å². The molecule has 1 aromatic carbocycles. The number of rotatable bonds is 9. The van der Waals surface area contributed by atoms with Crippen LogP contribution < -0.4 is 15.4 Å². The Labute approximate surface area is 129 Å². The number of hydrogen-bond acceptors (Lipinski definition) is 2. The highest BCUT2D eigenvalue weighted by Gasteiger charge is 1.98. The lowest BCUT2D eigenvalue weighted by Gasteiger charge is -2.11. The molecule has 0 saturated carbocycles. The third-order valence-corrected chi connectivity index (χ3v) is 3.24. The average molecular weight is 291 g/mol. The number of hydrogen-bond donors (Lipinski definition) is 2. The number of ether oxygens (including phenoxy) is 1. The van der Waals surface area contributed by atoms with Gasteiger partial charge in [0, 0.05) is 19.6 Å². The molecule has 0 heterocycles. The van der Waals surface area contributed by atoms with E-state index in [2.05, 4.69) is 41.6 Å². The van der Waals surface area contributed by atoms with Crippen LogP contribution in [-0.4, -0.2) is 32.7 Å². The van der Waals surface area contributed by atoms with Gasteiger partial charge in [-0.05, 0) is 37.5 Å². The van der Waals surface area contributed by atoms with Gasteiger partial charge in [-0.25, -0.2) is 0 Å². The smallest absolute Gasteiger partial charge is 0.191 e. The first kappa shape index (κ1) is 17.3. The Hall–Kier alpha value is -1.71. The molecule has 0 aliphatic heterocycles. The van der Waals surface area contributed by atoms with E-state index < -0.39 is 0 Å². The Morgan fingerprint density at radius 2 is 1.86 bits per heavy atom. The molecule has 0 radical (unpaired) electrons. The van der Waals surface area contributed by atoms with Gasteiger partial charge in [0.25, 0.3) is 0 Å². The van der Waals surface area contributed by atoms with E-state index in [9.17, 15) is 0 Å². The van der Waals surface area contributed by atoms with Crippen molar-refractivity contribution >= 4 is 5.96 Å². The maximum Gasteiger partial charge on any atom is 0.191 e. The van der Waals surface area contributed by atoms with E-state index in [1.807, 2.05) is 12.1 Å². The highest BCUT2D eigenvalue weighted by Crippen LogP contribution is 2.11. The van der Waals surface area contributed by atoms with Crippen molar-refractivity contribution in [3.05, 3.63) is 29.8 Å². The van der Waals surface area contributed by atoms with Crippen LogP contribution in [0.25, 0.3) is 0 Å². The largest absolute Gasteiger partial charge is 0.497 e. The Morgan fingerprint density at radius 3 is 2.48 bits per heavy atom. The number of benzene rings is 1. The Morgan fingerprint density at radius 1 is 1.10 bits per heavy atom. The Balaban J connectivity index is 2.34. The average Bonchev–Trinajstić information content (AvgIpc) is 2.52. The van der Waals surface area contributed by atoms with Crippen LogP contribution in [0.5, 0.6) is 5.75 Å². The fraction of sp³-hybridized carbons (Fsp3) is 0.588. The standard InChI is InChI=1S/C17H29N3O/c1-4-6-7-13-19-17(18-5-2)20-14-12-15-8-10-16(21-3)11-9-15/h8-11H,4-7,12-14H2,1-3H3,(H2,18,19,20). The highest BCUT2D eigenvalue weighted by molar-refractivity contribution is 5.79. The van der Waals surface area contributed by atoms with Gasteiger partial charge in [-0.15, -0.1) is 0 Å². The van der Waals surface area contributed by atoms with Crippen LogP contribution in [0.3, 0.4) is 0 Å². The zero-order chi connectivity index (χ0) is 15.3. The van der Waals surface area contributed by atoms with Crippen molar-refractivity contribution in [2.75, 3.05) is 26.7 Å². The van der Waals surface area contributed by atoms with Crippen LogP contribution in [-0.2, 0) is 6.42 Å². The van der Waals surface area contributed by atoms with Crippen molar-refractivity contribution in [2.45, 2.75) is 39.5 Å². The third kappa shape index (κ3) is 7.59. The molecule has 4 nitrogen and oxygen atoms in total. The SMILES string of the molecule is CCCCCN=C(NCC)NCCc1ccc(OC)cc1. The zero-order valence-corrected chi connectivity index (χ0v) is 13.6. The van der Waals surface area contributed by atoms with E-state index >= 15 is 0 Å². The summed E-state index contributed by atoms with van der Waals surface area (Å²) in [6.45, 7) is 6.97. The summed E-state index contributed by atoms with van der Waals surface area (Å²) in [5.74, 6) is 1.82. The molecule has 0 saturated heterocycles. The van der Waals surface area contributed by atoms with Crippen LogP contribution in [0.15, 0.2) is 29.3 Å². The molecule has 0 atom stereocenters. The molecule has 1 rings (SSSR count). The van der Waals surface area contributed by atoms with Crippen molar-refractivity contribution in [3.63, 3.8) is 0 Å². The van der Waals surface area contributed by atoms with Gasteiger partial charge in [0.2, 0.25) is 0 Å². The fourth-order valence-electron chi connectivity index (χ4n) is 2.01. The highest BCUT2D eigenvalue weighted by atomic mass is 16.5. The number of guanidine groups is 1. The molecule has 21 heavy (non-hydrogen) atoms. The quantitative estimate of drug-likeness (QED) is 0.418. The molecule has 0 spiro atoms. The summed E-state index contributed by atoms with van der Waals surface area (Å²) in [6, 6.07) is 8.20. The van der Waals surface area contributed by atoms with Gasteiger partial charge >= 0.3 is 0 Å². The van der Waals surface area contributed by atoms with E-state index in [1.165, 1.54) is 18.4 Å². The second-order valence-corrected chi connectivity index (χ2v) is 4.99. The number of methoxy groups -OCH3 is 1. The van der Waals surface area contributed by atoms with Gasteiger partial charge in [-0.1, -0.05) is 31.9 Å². The fourth-order valence-corrected chi connectivity index (χ4v) is 2.01. The molecule has 2 N–H and O–H groups in total. The molecule has 0 aromatic heterocycles. The molecule has 0 bridgehead atoms. The van der Waals surface area contributed by atoms with Gasteiger partial charge in [0.1, 0.15) is 5.75 Å². The second kappa shape index (κ2) is 11.0. The minimum Gasteiger partial charge on any atom is -0.497 e. The lowest BCUT2D eigenvalue weighted by molar-refractivity contribution is 0.414.